The highest BCUT2D eigenvalue weighted by molar-refractivity contribution is 7.92. The largest absolute Gasteiger partial charge is 0.486 e. The number of hydrogen-bond donors (Lipinski definition) is 1. The molecule has 0 fully saturated rings. The summed E-state index contributed by atoms with van der Waals surface area (Å²) in [6.07, 6.45) is 0. The third-order valence-corrected chi connectivity index (χ3v) is 7.14. The van der Waals surface area contributed by atoms with Crippen molar-refractivity contribution in [2.75, 3.05) is 36.9 Å². The van der Waals surface area contributed by atoms with Crippen LogP contribution in [0.15, 0.2) is 48.5 Å². The maximum absolute atomic E-state index is 13.4. The van der Waals surface area contributed by atoms with Crippen molar-refractivity contribution < 1.29 is 27.5 Å². The summed E-state index contributed by atoms with van der Waals surface area (Å²) in [6.45, 7) is 3.60. The summed E-state index contributed by atoms with van der Waals surface area (Å²) in [7, 11) is -2.31. The van der Waals surface area contributed by atoms with E-state index in [1.54, 1.807) is 25.1 Å². The van der Waals surface area contributed by atoms with Gasteiger partial charge in [0.25, 0.3) is 0 Å². The minimum absolute atomic E-state index is 0.162. The molecule has 9 nitrogen and oxygen atoms in total. The second kappa shape index (κ2) is 10.6. The minimum Gasteiger partial charge on any atom is -0.486 e. The Kier molecular flexibility index (Phi) is 7.80. The summed E-state index contributed by atoms with van der Waals surface area (Å²) in [5, 5.41) is 2.55. The fourth-order valence-electron chi connectivity index (χ4n) is 3.48. The molecule has 33 heavy (non-hydrogen) atoms. The number of sulfonamides is 1. The van der Waals surface area contributed by atoms with Crippen molar-refractivity contribution in [1.82, 2.24) is 10.2 Å². The molecule has 178 valence electrons. The predicted octanol–water partition coefficient (Wildman–Crippen LogP) is 1.78. The Morgan fingerprint density at radius 3 is 2.36 bits per heavy atom. The lowest BCUT2D eigenvalue weighted by Crippen LogP contribution is -2.51. The standard InChI is InChI=1S/C23H29N3O6S/c1-4-33(29,30)26(19-10-11-20-21(14-19)32-13-12-31-20)16-22(27)25(17(2)23(28)24-3)15-18-8-6-5-7-9-18/h5-11,14,17H,4,12-13,15-16H2,1-3H3,(H,24,28). The van der Waals surface area contributed by atoms with E-state index >= 15 is 0 Å². The van der Waals surface area contributed by atoms with Gasteiger partial charge in [-0.05, 0) is 31.5 Å². The van der Waals surface area contributed by atoms with E-state index in [9.17, 15) is 18.0 Å². The number of amides is 2. The minimum atomic E-state index is -3.80. The molecular formula is C23H29N3O6S. The maximum atomic E-state index is 13.4. The quantitative estimate of drug-likeness (QED) is 0.593. The van der Waals surface area contributed by atoms with Gasteiger partial charge in [0, 0.05) is 19.7 Å². The lowest BCUT2D eigenvalue weighted by atomic mass is 10.1. The lowest BCUT2D eigenvalue weighted by Gasteiger charge is -2.32. The number of carbonyl (C=O) groups is 2. The highest BCUT2D eigenvalue weighted by Gasteiger charge is 2.31. The van der Waals surface area contributed by atoms with Crippen LogP contribution in [0.2, 0.25) is 0 Å². The van der Waals surface area contributed by atoms with Crippen LogP contribution in [0, 0.1) is 0 Å². The van der Waals surface area contributed by atoms with Gasteiger partial charge in [-0.1, -0.05) is 30.3 Å². The molecule has 10 heteroatoms. The van der Waals surface area contributed by atoms with Gasteiger partial charge in [0.1, 0.15) is 25.8 Å². The molecule has 0 saturated heterocycles. The Labute approximate surface area is 194 Å². The van der Waals surface area contributed by atoms with Crippen molar-refractivity contribution in [3.05, 3.63) is 54.1 Å². The molecule has 0 aliphatic carbocycles. The summed E-state index contributed by atoms with van der Waals surface area (Å²) in [5.74, 6) is -0.102. The summed E-state index contributed by atoms with van der Waals surface area (Å²) < 4.78 is 38.0. The SMILES string of the molecule is CCS(=O)(=O)N(CC(=O)N(Cc1ccccc1)C(C)C(=O)NC)c1ccc2c(c1)OCCO2. The number of ether oxygens (including phenoxy) is 2. The number of benzene rings is 2. The number of carbonyl (C=O) groups excluding carboxylic acids is 2. The monoisotopic (exact) mass is 475 g/mol. The predicted molar refractivity (Wildman–Crippen MR) is 125 cm³/mol. The van der Waals surface area contributed by atoms with Gasteiger partial charge in [0.05, 0.1) is 11.4 Å². The van der Waals surface area contributed by atoms with E-state index in [1.807, 2.05) is 30.3 Å². The lowest BCUT2D eigenvalue weighted by molar-refractivity contribution is -0.139. The van der Waals surface area contributed by atoms with Gasteiger partial charge >= 0.3 is 0 Å². The molecule has 1 heterocycles. The number of fused-ring (bicyclic) bond motifs is 1. The molecule has 1 atom stereocenters. The third-order valence-electron chi connectivity index (χ3n) is 5.40. The van der Waals surface area contributed by atoms with Crippen LogP contribution in [0.3, 0.4) is 0 Å². The zero-order valence-corrected chi connectivity index (χ0v) is 19.8. The molecule has 2 amide bonds. The van der Waals surface area contributed by atoms with E-state index < -0.39 is 28.5 Å². The van der Waals surface area contributed by atoms with E-state index in [2.05, 4.69) is 5.32 Å². The molecule has 2 aromatic carbocycles. The fourth-order valence-corrected chi connectivity index (χ4v) is 4.53. The Morgan fingerprint density at radius 2 is 1.73 bits per heavy atom. The third kappa shape index (κ3) is 5.75. The van der Waals surface area contributed by atoms with E-state index in [4.69, 9.17) is 9.47 Å². The molecule has 1 aliphatic heterocycles. The topological polar surface area (TPSA) is 105 Å². The van der Waals surface area contributed by atoms with Crippen LogP contribution in [-0.4, -0.2) is 63.7 Å². The Morgan fingerprint density at radius 1 is 1.06 bits per heavy atom. The van der Waals surface area contributed by atoms with Gasteiger partial charge < -0.3 is 19.7 Å². The van der Waals surface area contributed by atoms with Crippen molar-refractivity contribution >= 4 is 27.5 Å². The average Bonchev–Trinajstić information content (AvgIpc) is 2.85. The molecule has 1 aliphatic rings. The van der Waals surface area contributed by atoms with Crippen molar-refractivity contribution in [3.8, 4) is 11.5 Å². The molecule has 0 saturated carbocycles. The number of likely N-dealkylation sites (N-methyl/N-ethyl adjacent to an activating group) is 1. The average molecular weight is 476 g/mol. The fraction of sp³-hybridized carbons (Fsp3) is 0.391. The Balaban J connectivity index is 1.93. The highest BCUT2D eigenvalue weighted by atomic mass is 32.2. The van der Waals surface area contributed by atoms with Crippen LogP contribution in [0.4, 0.5) is 5.69 Å². The van der Waals surface area contributed by atoms with Crippen molar-refractivity contribution in [2.24, 2.45) is 0 Å². The summed E-state index contributed by atoms with van der Waals surface area (Å²) >= 11 is 0. The molecule has 0 spiro atoms. The maximum Gasteiger partial charge on any atom is 0.244 e. The first-order valence-corrected chi connectivity index (χ1v) is 12.3. The second-order valence-electron chi connectivity index (χ2n) is 7.53. The van der Waals surface area contributed by atoms with Gasteiger partial charge in [0.2, 0.25) is 21.8 Å². The molecule has 0 radical (unpaired) electrons. The smallest absolute Gasteiger partial charge is 0.244 e. The van der Waals surface area contributed by atoms with Gasteiger partial charge in [-0.2, -0.15) is 0 Å². The van der Waals surface area contributed by atoms with Crippen LogP contribution >= 0.6 is 0 Å². The first-order valence-electron chi connectivity index (χ1n) is 10.7. The van der Waals surface area contributed by atoms with E-state index in [0.29, 0.717) is 30.4 Å². The zero-order valence-electron chi connectivity index (χ0n) is 19.0. The highest BCUT2D eigenvalue weighted by Crippen LogP contribution is 2.35. The molecule has 3 rings (SSSR count). The van der Waals surface area contributed by atoms with Gasteiger partial charge in [-0.3, -0.25) is 13.9 Å². The molecule has 1 unspecified atom stereocenters. The second-order valence-corrected chi connectivity index (χ2v) is 9.71. The Hall–Kier alpha value is -3.27. The molecule has 0 bridgehead atoms. The zero-order chi connectivity index (χ0) is 24.0. The molecular weight excluding hydrogens is 446 g/mol. The van der Waals surface area contributed by atoms with Crippen molar-refractivity contribution in [2.45, 2.75) is 26.4 Å². The number of rotatable bonds is 9. The number of nitrogens with zero attached hydrogens (tertiary/aromatic N) is 2. The van der Waals surface area contributed by atoms with Crippen LogP contribution in [-0.2, 0) is 26.2 Å². The van der Waals surface area contributed by atoms with Crippen molar-refractivity contribution in [1.29, 1.82) is 0 Å². The first-order chi connectivity index (χ1) is 15.8. The van der Waals surface area contributed by atoms with Crippen LogP contribution in [0.5, 0.6) is 11.5 Å². The number of hydrogen-bond acceptors (Lipinski definition) is 6. The summed E-state index contributed by atoms with van der Waals surface area (Å²) in [5.41, 5.74) is 1.12. The van der Waals surface area contributed by atoms with E-state index in [-0.39, 0.29) is 18.2 Å². The Bertz CT molecular complexity index is 1090. The van der Waals surface area contributed by atoms with Crippen molar-refractivity contribution in [3.63, 3.8) is 0 Å². The molecule has 2 aromatic rings. The van der Waals surface area contributed by atoms with E-state index in [0.717, 1.165) is 9.87 Å². The van der Waals surface area contributed by atoms with Gasteiger partial charge in [-0.25, -0.2) is 8.42 Å². The number of anilines is 1. The molecule has 0 aromatic heterocycles. The normalized spacial score (nSPS) is 13.7. The van der Waals surface area contributed by atoms with Crippen LogP contribution in [0.25, 0.3) is 0 Å². The number of nitrogens with one attached hydrogen (secondary N) is 1. The van der Waals surface area contributed by atoms with E-state index in [1.165, 1.54) is 18.9 Å². The molecule has 1 N–H and O–H groups in total. The first kappa shape index (κ1) is 24.4. The van der Waals surface area contributed by atoms with Gasteiger partial charge in [-0.15, -0.1) is 0 Å². The summed E-state index contributed by atoms with van der Waals surface area (Å²) in [4.78, 5) is 27.2. The summed E-state index contributed by atoms with van der Waals surface area (Å²) in [6, 6.07) is 13.2. The van der Waals surface area contributed by atoms with Crippen LogP contribution in [0.1, 0.15) is 19.4 Å². The van der Waals surface area contributed by atoms with Crippen LogP contribution < -0.4 is 19.1 Å². The van der Waals surface area contributed by atoms with Gasteiger partial charge in [0.15, 0.2) is 11.5 Å².